The molecule has 4 aromatic heterocycles. The summed E-state index contributed by atoms with van der Waals surface area (Å²) in [5.41, 5.74) is 6.08. The molecule has 0 bridgehead atoms. The molecule has 0 unspecified atom stereocenters. The Hall–Kier alpha value is -4.36. The van der Waals surface area contributed by atoms with Gasteiger partial charge in [0.2, 0.25) is 0 Å². The van der Waals surface area contributed by atoms with Crippen molar-refractivity contribution < 1.29 is 0 Å². The Kier molecular flexibility index (Phi) is 5.75. The molecule has 2 aromatic carbocycles. The zero-order valence-corrected chi connectivity index (χ0v) is 20.2. The highest BCUT2D eigenvalue weighted by molar-refractivity contribution is 5.96. The fraction of sp³-hybridized carbons (Fsp3) is 0.172. The van der Waals surface area contributed by atoms with E-state index in [1.807, 2.05) is 43.8 Å². The van der Waals surface area contributed by atoms with Crippen LogP contribution in [-0.2, 0) is 20.1 Å². The topological polar surface area (TPSA) is 72.6 Å². The van der Waals surface area contributed by atoms with Crippen LogP contribution in [0.2, 0.25) is 0 Å². The van der Waals surface area contributed by atoms with Crippen molar-refractivity contribution in [3.8, 4) is 16.9 Å². The first-order valence-electron chi connectivity index (χ1n) is 12.2. The quantitative estimate of drug-likeness (QED) is 0.308. The zero-order valence-electron chi connectivity index (χ0n) is 20.2. The summed E-state index contributed by atoms with van der Waals surface area (Å²) in [6.45, 7) is 2.59. The summed E-state index contributed by atoms with van der Waals surface area (Å²) >= 11 is 0. The molecular formula is C29H28N6O. The molecule has 0 saturated carbocycles. The predicted molar refractivity (Wildman–Crippen MR) is 144 cm³/mol. The smallest absolute Gasteiger partial charge is 0.330 e. The molecule has 0 fully saturated rings. The highest BCUT2D eigenvalue weighted by Gasteiger charge is 2.19. The molecule has 0 aliphatic heterocycles. The first-order valence-corrected chi connectivity index (χ1v) is 12.2. The molecule has 6 aromatic rings. The van der Waals surface area contributed by atoms with Crippen molar-refractivity contribution in [2.24, 2.45) is 7.05 Å². The summed E-state index contributed by atoms with van der Waals surface area (Å²) in [5.74, 6) is 0. The third-order valence-corrected chi connectivity index (χ3v) is 6.76. The van der Waals surface area contributed by atoms with Crippen molar-refractivity contribution in [1.82, 2.24) is 29.0 Å². The minimum Gasteiger partial charge on any atom is -0.348 e. The number of imidazole rings is 1. The van der Waals surface area contributed by atoms with Gasteiger partial charge in [0.15, 0.2) is 0 Å². The van der Waals surface area contributed by atoms with E-state index in [9.17, 15) is 4.79 Å². The van der Waals surface area contributed by atoms with Crippen LogP contribution in [0.25, 0.3) is 38.8 Å². The normalized spacial score (nSPS) is 11.6. The molecule has 2 N–H and O–H groups in total. The van der Waals surface area contributed by atoms with Crippen LogP contribution in [-0.4, -0.2) is 30.2 Å². The first kappa shape index (κ1) is 22.1. The van der Waals surface area contributed by atoms with E-state index in [0.717, 1.165) is 64.8 Å². The maximum atomic E-state index is 13.0. The van der Waals surface area contributed by atoms with E-state index in [0.29, 0.717) is 0 Å². The lowest BCUT2D eigenvalue weighted by atomic mass is 10.1. The van der Waals surface area contributed by atoms with Gasteiger partial charge in [-0.3, -0.25) is 9.55 Å². The summed E-state index contributed by atoms with van der Waals surface area (Å²) in [4.78, 5) is 20.2. The number of para-hydroxylation sites is 2. The monoisotopic (exact) mass is 476 g/mol. The van der Waals surface area contributed by atoms with Gasteiger partial charge in [0.1, 0.15) is 0 Å². The van der Waals surface area contributed by atoms with Gasteiger partial charge in [0.05, 0.1) is 11.4 Å². The molecule has 0 aliphatic carbocycles. The van der Waals surface area contributed by atoms with Crippen molar-refractivity contribution in [2.75, 3.05) is 6.54 Å². The number of aryl methyl sites for hydroxylation is 2. The van der Waals surface area contributed by atoms with Crippen LogP contribution in [0.5, 0.6) is 0 Å². The van der Waals surface area contributed by atoms with Crippen molar-refractivity contribution in [3.05, 3.63) is 108 Å². The second-order valence-corrected chi connectivity index (χ2v) is 9.10. The van der Waals surface area contributed by atoms with Crippen molar-refractivity contribution in [3.63, 3.8) is 0 Å². The molecule has 4 heterocycles. The highest BCUT2D eigenvalue weighted by Crippen LogP contribution is 2.33. The summed E-state index contributed by atoms with van der Waals surface area (Å²) in [5, 5.41) is 5.69. The fourth-order valence-corrected chi connectivity index (χ4v) is 5.05. The van der Waals surface area contributed by atoms with E-state index in [4.69, 9.17) is 0 Å². The van der Waals surface area contributed by atoms with Gasteiger partial charge in [-0.1, -0.05) is 42.5 Å². The maximum absolute atomic E-state index is 13.0. The molecule has 6 rings (SSSR count). The van der Waals surface area contributed by atoms with Crippen molar-refractivity contribution in [2.45, 2.75) is 19.5 Å². The molecule has 0 spiro atoms. The first-order chi connectivity index (χ1) is 17.7. The number of rotatable bonds is 8. The van der Waals surface area contributed by atoms with Crippen LogP contribution in [0.15, 0.2) is 96.4 Å². The van der Waals surface area contributed by atoms with E-state index in [1.54, 1.807) is 10.8 Å². The van der Waals surface area contributed by atoms with Gasteiger partial charge in [-0.25, -0.2) is 4.79 Å². The Bertz CT molecular complexity index is 1700. The van der Waals surface area contributed by atoms with Gasteiger partial charge < -0.3 is 19.4 Å². The number of fused-ring (bicyclic) bond motifs is 2. The molecular weight excluding hydrogens is 448 g/mol. The average Bonchev–Trinajstić information content (AvgIpc) is 3.57. The predicted octanol–water partition coefficient (Wildman–Crippen LogP) is 4.85. The number of H-pyrrole nitrogens is 1. The van der Waals surface area contributed by atoms with Crippen LogP contribution in [0, 0.1) is 0 Å². The number of hydrogen-bond acceptors (Lipinski definition) is 3. The van der Waals surface area contributed by atoms with Crippen LogP contribution >= 0.6 is 0 Å². The Balaban J connectivity index is 1.32. The minimum atomic E-state index is -0.141. The summed E-state index contributed by atoms with van der Waals surface area (Å²) in [6, 6.07) is 20.6. The van der Waals surface area contributed by atoms with E-state index in [-0.39, 0.29) is 5.69 Å². The highest BCUT2D eigenvalue weighted by atomic mass is 16.1. The summed E-state index contributed by atoms with van der Waals surface area (Å²) in [7, 11) is 2.01. The lowest BCUT2D eigenvalue weighted by molar-refractivity contribution is 0.590. The molecule has 180 valence electrons. The Morgan fingerprint density at radius 3 is 2.58 bits per heavy atom. The number of aromatic amines is 1. The van der Waals surface area contributed by atoms with E-state index < -0.39 is 0 Å². The molecule has 7 nitrogen and oxygen atoms in total. The van der Waals surface area contributed by atoms with Crippen molar-refractivity contribution >= 4 is 21.8 Å². The molecule has 0 amide bonds. The average molecular weight is 477 g/mol. The number of nitrogens with zero attached hydrogens (tertiary/aromatic N) is 4. The molecule has 0 aliphatic rings. The number of benzene rings is 2. The maximum Gasteiger partial charge on any atom is 0.330 e. The van der Waals surface area contributed by atoms with Crippen LogP contribution in [0.1, 0.15) is 12.0 Å². The molecule has 0 radical (unpaired) electrons. The van der Waals surface area contributed by atoms with Crippen LogP contribution in [0.3, 0.4) is 0 Å². The number of nitrogens with one attached hydrogen (secondary N) is 2. The Morgan fingerprint density at radius 2 is 1.75 bits per heavy atom. The largest absolute Gasteiger partial charge is 0.348 e. The number of pyridine rings is 1. The van der Waals surface area contributed by atoms with Crippen molar-refractivity contribution in [1.29, 1.82) is 0 Å². The van der Waals surface area contributed by atoms with Crippen LogP contribution in [0.4, 0.5) is 0 Å². The third-order valence-electron chi connectivity index (χ3n) is 6.76. The fourth-order valence-electron chi connectivity index (χ4n) is 5.05. The molecule has 36 heavy (non-hydrogen) atoms. The van der Waals surface area contributed by atoms with Gasteiger partial charge >= 0.3 is 5.69 Å². The summed E-state index contributed by atoms with van der Waals surface area (Å²) < 4.78 is 6.15. The van der Waals surface area contributed by atoms with Gasteiger partial charge in [-0.2, -0.15) is 0 Å². The molecule has 7 heteroatoms. The van der Waals surface area contributed by atoms with Gasteiger partial charge in [-0.05, 0) is 36.7 Å². The molecule has 0 atom stereocenters. The van der Waals surface area contributed by atoms with Crippen LogP contribution < -0.4 is 11.0 Å². The number of hydrogen-bond donors (Lipinski definition) is 2. The van der Waals surface area contributed by atoms with Gasteiger partial charge in [0.25, 0.3) is 0 Å². The lowest BCUT2D eigenvalue weighted by Crippen LogP contribution is -2.16. The molecule has 0 saturated heterocycles. The van der Waals surface area contributed by atoms with E-state index in [2.05, 4.69) is 73.1 Å². The second kappa shape index (κ2) is 9.36. The second-order valence-electron chi connectivity index (χ2n) is 9.10. The number of aromatic nitrogens is 5. The minimum absolute atomic E-state index is 0.141. The standard InChI is InChI=1S/C29H28N6O/c1-33-20-28(23-10-3-4-11-25(23)33)35-27(18-32-29(35)36)24-19-34(26-12-5-2-9-22(24)26)15-7-14-31-17-21-8-6-13-30-16-21/h2-6,8-13,16,18-20,31H,7,14-15,17H2,1H3,(H,32,36). The van der Waals surface area contributed by atoms with Gasteiger partial charge in [0, 0.05) is 78.5 Å². The van der Waals surface area contributed by atoms with E-state index >= 15 is 0 Å². The SMILES string of the molecule is Cn1cc(-n2c(-c3cn(CCCNCc4cccnc4)c4ccccc34)c[nH]c2=O)c2ccccc21. The van der Waals surface area contributed by atoms with E-state index in [1.165, 1.54) is 5.56 Å². The third kappa shape index (κ3) is 3.93. The lowest BCUT2D eigenvalue weighted by Gasteiger charge is -2.07. The van der Waals surface area contributed by atoms with Gasteiger partial charge in [-0.15, -0.1) is 0 Å². The Labute approximate surface area is 208 Å². The Morgan fingerprint density at radius 1 is 0.944 bits per heavy atom. The summed E-state index contributed by atoms with van der Waals surface area (Å²) in [6.07, 6.45) is 10.7. The zero-order chi connectivity index (χ0) is 24.5.